The number of benzene rings is 2. The summed E-state index contributed by atoms with van der Waals surface area (Å²) in [6.07, 6.45) is 6.84. The standard InChI is InChI=1S/C20H16N2O3S/c1-26(23,24)16-8-6-14(7-9-16)20-17(18-13-21-10-11-22-18)12-15-4-2-3-5-19(15)25-20/h2-11,13H,12H2,1H3. The number of hydrogen-bond acceptors (Lipinski definition) is 5. The van der Waals surface area contributed by atoms with E-state index in [4.69, 9.17) is 4.74 Å². The number of para-hydroxylation sites is 1. The second-order valence-electron chi connectivity index (χ2n) is 6.08. The summed E-state index contributed by atoms with van der Waals surface area (Å²) >= 11 is 0. The van der Waals surface area contributed by atoms with E-state index in [0.717, 1.165) is 28.1 Å². The summed E-state index contributed by atoms with van der Waals surface area (Å²) in [5.41, 5.74) is 3.53. The predicted octanol–water partition coefficient (Wildman–Crippen LogP) is 3.38. The van der Waals surface area contributed by atoms with Crippen LogP contribution in [-0.4, -0.2) is 24.6 Å². The average Bonchev–Trinajstić information content (AvgIpc) is 2.67. The summed E-state index contributed by atoms with van der Waals surface area (Å²) in [4.78, 5) is 8.85. The van der Waals surface area contributed by atoms with Crippen LogP contribution in [0.15, 0.2) is 72.0 Å². The van der Waals surface area contributed by atoms with Crippen molar-refractivity contribution in [1.29, 1.82) is 0 Å². The smallest absolute Gasteiger partial charge is 0.175 e. The Morgan fingerprint density at radius 1 is 1.00 bits per heavy atom. The van der Waals surface area contributed by atoms with E-state index in [1.165, 1.54) is 6.26 Å². The Kier molecular flexibility index (Phi) is 4.05. The topological polar surface area (TPSA) is 69.2 Å². The molecular formula is C20H16N2O3S. The number of fused-ring (bicyclic) bond motifs is 1. The van der Waals surface area contributed by atoms with Crippen LogP contribution < -0.4 is 4.74 Å². The van der Waals surface area contributed by atoms with Crippen LogP contribution >= 0.6 is 0 Å². The van der Waals surface area contributed by atoms with Crippen LogP contribution in [0, 0.1) is 0 Å². The van der Waals surface area contributed by atoms with Crippen LogP contribution in [-0.2, 0) is 16.3 Å². The van der Waals surface area contributed by atoms with E-state index >= 15 is 0 Å². The maximum absolute atomic E-state index is 11.7. The van der Waals surface area contributed by atoms with Gasteiger partial charge >= 0.3 is 0 Å². The average molecular weight is 364 g/mol. The van der Waals surface area contributed by atoms with Gasteiger partial charge < -0.3 is 4.74 Å². The molecule has 0 spiro atoms. The Balaban J connectivity index is 1.85. The van der Waals surface area contributed by atoms with E-state index in [0.29, 0.717) is 12.2 Å². The number of sulfone groups is 1. The molecule has 0 bridgehead atoms. The first kappa shape index (κ1) is 16.5. The Morgan fingerprint density at radius 2 is 1.77 bits per heavy atom. The second-order valence-corrected chi connectivity index (χ2v) is 8.10. The third-order valence-electron chi connectivity index (χ3n) is 4.24. The zero-order valence-electron chi connectivity index (χ0n) is 14.1. The third kappa shape index (κ3) is 3.11. The van der Waals surface area contributed by atoms with E-state index in [9.17, 15) is 8.42 Å². The van der Waals surface area contributed by atoms with Crippen molar-refractivity contribution in [3.63, 3.8) is 0 Å². The molecule has 26 heavy (non-hydrogen) atoms. The molecule has 1 aliphatic heterocycles. The first-order valence-corrected chi connectivity index (χ1v) is 9.97. The third-order valence-corrected chi connectivity index (χ3v) is 5.37. The van der Waals surface area contributed by atoms with Crippen molar-refractivity contribution < 1.29 is 13.2 Å². The largest absolute Gasteiger partial charge is 0.456 e. The van der Waals surface area contributed by atoms with Crippen LogP contribution in [0.4, 0.5) is 0 Å². The van der Waals surface area contributed by atoms with Gasteiger partial charge in [0.05, 0.1) is 16.8 Å². The molecular weight excluding hydrogens is 348 g/mol. The highest BCUT2D eigenvalue weighted by Crippen LogP contribution is 2.38. The van der Waals surface area contributed by atoms with Gasteiger partial charge in [-0.25, -0.2) is 8.42 Å². The van der Waals surface area contributed by atoms with Gasteiger partial charge in [0.2, 0.25) is 0 Å². The van der Waals surface area contributed by atoms with Gasteiger partial charge in [-0.15, -0.1) is 0 Å². The highest BCUT2D eigenvalue weighted by Gasteiger charge is 2.23. The molecule has 0 saturated carbocycles. The fraction of sp³-hybridized carbons (Fsp3) is 0.100. The van der Waals surface area contributed by atoms with E-state index in [-0.39, 0.29) is 4.90 Å². The molecule has 0 unspecified atom stereocenters. The van der Waals surface area contributed by atoms with Crippen molar-refractivity contribution in [3.05, 3.63) is 83.9 Å². The van der Waals surface area contributed by atoms with Crippen LogP contribution in [0.3, 0.4) is 0 Å². The molecule has 2 aromatic carbocycles. The molecule has 0 saturated heterocycles. The molecule has 2 heterocycles. The van der Waals surface area contributed by atoms with Gasteiger partial charge in [-0.3, -0.25) is 9.97 Å². The lowest BCUT2D eigenvalue weighted by molar-refractivity contribution is 0.502. The molecule has 5 nitrogen and oxygen atoms in total. The molecule has 4 rings (SSSR count). The van der Waals surface area contributed by atoms with Crippen LogP contribution in [0.5, 0.6) is 5.75 Å². The molecule has 0 amide bonds. The predicted molar refractivity (Wildman–Crippen MR) is 99.2 cm³/mol. The van der Waals surface area contributed by atoms with Crippen LogP contribution in [0.1, 0.15) is 16.8 Å². The number of ether oxygens (including phenoxy) is 1. The minimum absolute atomic E-state index is 0.277. The van der Waals surface area contributed by atoms with Crippen molar-refractivity contribution in [2.75, 3.05) is 6.26 Å². The van der Waals surface area contributed by atoms with E-state index in [2.05, 4.69) is 9.97 Å². The molecule has 3 aromatic rings. The zero-order valence-corrected chi connectivity index (χ0v) is 14.9. The fourth-order valence-corrected chi connectivity index (χ4v) is 3.57. The zero-order chi connectivity index (χ0) is 18.1. The molecule has 1 aliphatic rings. The molecule has 0 fully saturated rings. The number of hydrogen-bond donors (Lipinski definition) is 0. The highest BCUT2D eigenvalue weighted by atomic mass is 32.2. The van der Waals surface area contributed by atoms with E-state index < -0.39 is 9.84 Å². The Hall–Kier alpha value is -2.99. The maximum atomic E-state index is 11.7. The highest BCUT2D eigenvalue weighted by molar-refractivity contribution is 7.90. The van der Waals surface area contributed by atoms with Crippen molar-refractivity contribution in [2.45, 2.75) is 11.3 Å². The van der Waals surface area contributed by atoms with Crippen LogP contribution in [0.2, 0.25) is 0 Å². The first-order chi connectivity index (χ1) is 12.5. The van der Waals surface area contributed by atoms with Gasteiger partial charge in [0.25, 0.3) is 0 Å². The Morgan fingerprint density at radius 3 is 2.46 bits per heavy atom. The lowest BCUT2D eigenvalue weighted by atomic mass is 9.95. The van der Waals surface area contributed by atoms with Gasteiger partial charge in [-0.1, -0.05) is 18.2 Å². The summed E-state index contributed by atoms with van der Waals surface area (Å²) in [7, 11) is -3.24. The quantitative estimate of drug-likeness (QED) is 0.713. The number of rotatable bonds is 3. The van der Waals surface area contributed by atoms with Gasteiger partial charge in [0.1, 0.15) is 11.5 Å². The molecule has 1 aromatic heterocycles. The lowest BCUT2D eigenvalue weighted by Gasteiger charge is -2.23. The minimum Gasteiger partial charge on any atom is -0.456 e. The summed E-state index contributed by atoms with van der Waals surface area (Å²) < 4.78 is 29.6. The number of nitrogens with zero attached hydrogens (tertiary/aromatic N) is 2. The Labute approximate surface area is 151 Å². The lowest BCUT2D eigenvalue weighted by Crippen LogP contribution is -2.10. The van der Waals surface area contributed by atoms with Crippen molar-refractivity contribution in [1.82, 2.24) is 9.97 Å². The maximum Gasteiger partial charge on any atom is 0.175 e. The van der Waals surface area contributed by atoms with Gasteiger partial charge in [-0.05, 0) is 35.9 Å². The van der Waals surface area contributed by atoms with E-state index in [1.807, 2.05) is 24.3 Å². The molecule has 0 aliphatic carbocycles. The van der Waals surface area contributed by atoms with Gasteiger partial charge in [0, 0.05) is 36.2 Å². The summed E-state index contributed by atoms with van der Waals surface area (Å²) in [5.74, 6) is 1.46. The molecule has 130 valence electrons. The molecule has 0 atom stereocenters. The van der Waals surface area contributed by atoms with Gasteiger partial charge in [-0.2, -0.15) is 0 Å². The molecule has 0 N–H and O–H groups in total. The second kappa shape index (κ2) is 6.38. The Bertz CT molecular complexity index is 1090. The SMILES string of the molecule is CS(=O)(=O)c1ccc(C2=C(c3cnccn3)Cc3ccccc3O2)cc1. The van der Waals surface area contributed by atoms with Crippen LogP contribution in [0.25, 0.3) is 11.3 Å². The monoisotopic (exact) mass is 364 g/mol. The van der Waals surface area contributed by atoms with E-state index in [1.54, 1.807) is 42.9 Å². The fourth-order valence-electron chi connectivity index (χ4n) is 2.94. The summed E-state index contributed by atoms with van der Waals surface area (Å²) in [6.45, 7) is 0. The van der Waals surface area contributed by atoms with Gasteiger partial charge in [0.15, 0.2) is 9.84 Å². The molecule has 6 heteroatoms. The summed E-state index contributed by atoms with van der Waals surface area (Å²) in [6, 6.07) is 14.6. The first-order valence-electron chi connectivity index (χ1n) is 8.08. The normalized spacial score (nSPS) is 13.9. The van der Waals surface area contributed by atoms with Crippen molar-refractivity contribution >= 4 is 21.2 Å². The summed E-state index contributed by atoms with van der Waals surface area (Å²) in [5, 5.41) is 0. The minimum atomic E-state index is -3.24. The number of aromatic nitrogens is 2. The van der Waals surface area contributed by atoms with Crippen molar-refractivity contribution in [3.8, 4) is 5.75 Å². The van der Waals surface area contributed by atoms with Crippen molar-refractivity contribution in [2.24, 2.45) is 0 Å². The number of allylic oxidation sites excluding steroid dienone is 1. The molecule has 0 radical (unpaired) electrons.